The second-order valence-corrected chi connectivity index (χ2v) is 10.3. The van der Waals surface area contributed by atoms with Crippen LogP contribution in [-0.4, -0.2) is 82.9 Å². The highest BCUT2D eigenvalue weighted by Crippen LogP contribution is 2.32. The molecule has 1 aliphatic carbocycles. The first-order valence-electron chi connectivity index (χ1n) is 12.6. The van der Waals surface area contributed by atoms with Gasteiger partial charge >= 0.3 is 0 Å². The van der Waals surface area contributed by atoms with Gasteiger partial charge in [0.2, 0.25) is 0 Å². The molecule has 4 aliphatic rings. The molecule has 7 nitrogen and oxygen atoms in total. The van der Waals surface area contributed by atoms with Crippen LogP contribution in [0.5, 0.6) is 0 Å². The average molecular weight is 454 g/mol. The Morgan fingerprint density at radius 1 is 0.939 bits per heavy atom. The van der Waals surface area contributed by atoms with Crippen molar-refractivity contribution < 1.29 is 19.1 Å². The van der Waals surface area contributed by atoms with Gasteiger partial charge in [0.05, 0.1) is 23.3 Å². The van der Waals surface area contributed by atoms with Gasteiger partial charge in [-0.25, -0.2) is 0 Å². The van der Waals surface area contributed by atoms with E-state index in [9.17, 15) is 14.4 Å². The maximum absolute atomic E-state index is 13.5. The molecule has 0 spiro atoms. The summed E-state index contributed by atoms with van der Waals surface area (Å²) in [6, 6.07) is 5.23. The Morgan fingerprint density at radius 2 is 1.64 bits per heavy atom. The maximum Gasteiger partial charge on any atom is 0.261 e. The number of carbonyl (C=O) groups excluding carboxylic acids is 3. The fourth-order valence-electron chi connectivity index (χ4n) is 6.25. The Hall–Kier alpha value is -2.25. The lowest BCUT2D eigenvalue weighted by molar-refractivity contribution is -0.0715. The molecule has 3 aliphatic heterocycles. The molecule has 7 heteroatoms. The van der Waals surface area contributed by atoms with E-state index in [0.717, 1.165) is 71.1 Å². The van der Waals surface area contributed by atoms with E-state index in [0.29, 0.717) is 16.7 Å². The fourth-order valence-corrected chi connectivity index (χ4v) is 6.25. The Morgan fingerprint density at radius 3 is 2.36 bits per heavy atom. The summed E-state index contributed by atoms with van der Waals surface area (Å²) in [5.74, 6) is -0.465. The minimum Gasteiger partial charge on any atom is -0.373 e. The molecule has 0 radical (unpaired) electrons. The molecule has 33 heavy (non-hydrogen) atoms. The van der Waals surface area contributed by atoms with E-state index in [-0.39, 0.29) is 42.0 Å². The number of hydrogen-bond acceptors (Lipinski definition) is 5. The number of rotatable bonds is 4. The third-order valence-corrected chi connectivity index (χ3v) is 7.71. The van der Waals surface area contributed by atoms with Crippen LogP contribution in [0.3, 0.4) is 0 Å². The Kier molecular flexibility index (Phi) is 6.27. The highest BCUT2D eigenvalue weighted by Gasteiger charge is 2.41. The van der Waals surface area contributed by atoms with Crippen molar-refractivity contribution in [2.24, 2.45) is 0 Å². The fraction of sp³-hybridized carbons (Fsp3) is 0.654. The average Bonchev–Trinajstić information content (AvgIpc) is 3.35. The number of likely N-dealkylation sites (tertiary alicyclic amines) is 1. The Balaban J connectivity index is 1.31. The summed E-state index contributed by atoms with van der Waals surface area (Å²) in [5.41, 5.74) is 1.34. The third-order valence-electron chi connectivity index (χ3n) is 7.71. The van der Waals surface area contributed by atoms with Crippen molar-refractivity contribution in [1.29, 1.82) is 0 Å². The quantitative estimate of drug-likeness (QED) is 0.654. The van der Waals surface area contributed by atoms with Gasteiger partial charge in [-0.05, 0) is 57.7 Å². The van der Waals surface area contributed by atoms with Crippen molar-refractivity contribution in [3.8, 4) is 0 Å². The van der Waals surface area contributed by atoms with Crippen LogP contribution in [0.25, 0.3) is 0 Å². The van der Waals surface area contributed by atoms with E-state index in [1.807, 2.05) is 4.90 Å². The third kappa shape index (κ3) is 4.33. The minimum absolute atomic E-state index is 0.00781. The van der Waals surface area contributed by atoms with Gasteiger partial charge in [0.1, 0.15) is 0 Å². The van der Waals surface area contributed by atoms with Crippen LogP contribution in [0.4, 0.5) is 0 Å². The number of amides is 3. The van der Waals surface area contributed by atoms with Crippen molar-refractivity contribution in [2.45, 2.75) is 83.1 Å². The Bertz CT molecular complexity index is 931. The van der Waals surface area contributed by atoms with Gasteiger partial charge in [-0.2, -0.15) is 0 Å². The highest BCUT2D eigenvalue weighted by atomic mass is 16.5. The zero-order chi connectivity index (χ0) is 23.1. The van der Waals surface area contributed by atoms with Crippen molar-refractivity contribution in [3.05, 3.63) is 34.9 Å². The van der Waals surface area contributed by atoms with Gasteiger partial charge in [0.15, 0.2) is 0 Å². The molecule has 2 saturated heterocycles. The van der Waals surface area contributed by atoms with Crippen LogP contribution in [0.1, 0.15) is 89.9 Å². The second-order valence-electron chi connectivity index (χ2n) is 10.3. The van der Waals surface area contributed by atoms with Crippen LogP contribution < -0.4 is 0 Å². The first kappa shape index (κ1) is 22.5. The lowest BCUT2D eigenvalue weighted by atomic mass is 9.94. The van der Waals surface area contributed by atoms with Crippen LogP contribution in [0.15, 0.2) is 18.2 Å². The van der Waals surface area contributed by atoms with Crippen LogP contribution in [-0.2, 0) is 4.74 Å². The van der Waals surface area contributed by atoms with Crippen LogP contribution >= 0.6 is 0 Å². The molecule has 1 aromatic carbocycles. The van der Waals surface area contributed by atoms with Crippen molar-refractivity contribution in [3.63, 3.8) is 0 Å². The van der Waals surface area contributed by atoms with Crippen LogP contribution in [0.2, 0.25) is 0 Å². The smallest absolute Gasteiger partial charge is 0.261 e. The molecule has 3 atom stereocenters. The van der Waals surface area contributed by atoms with E-state index in [2.05, 4.69) is 18.7 Å². The summed E-state index contributed by atoms with van der Waals surface area (Å²) in [5, 5.41) is 0. The second kappa shape index (κ2) is 9.18. The normalized spacial score (nSPS) is 29.1. The van der Waals surface area contributed by atoms with E-state index in [4.69, 9.17) is 4.74 Å². The summed E-state index contributed by atoms with van der Waals surface area (Å²) < 4.78 is 5.85. The molecule has 0 bridgehead atoms. The molecule has 1 saturated carbocycles. The lowest BCUT2D eigenvalue weighted by Crippen LogP contribution is -2.50. The molecule has 1 aromatic rings. The first-order valence-corrected chi connectivity index (χ1v) is 12.6. The predicted molar refractivity (Wildman–Crippen MR) is 124 cm³/mol. The molecule has 178 valence electrons. The largest absolute Gasteiger partial charge is 0.373 e. The molecular weight excluding hydrogens is 418 g/mol. The monoisotopic (exact) mass is 453 g/mol. The molecule has 3 fully saturated rings. The van der Waals surface area contributed by atoms with Crippen molar-refractivity contribution in [2.75, 3.05) is 26.2 Å². The standard InChI is InChI=1S/C26H35N3O4/c1-17-14-27(15-18(2)33-17)16-21-9-6-12-28(21)24(30)19-10-11-22-23(13-19)26(32)29(25(22)31)20-7-4-3-5-8-20/h10-11,13,17-18,20-21H,3-9,12,14-16H2,1-2H3. The van der Waals surface area contributed by atoms with Gasteiger partial charge in [0, 0.05) is 43.8 Å². The molecule has 3 amide bonds. The number of imide groups is 1. The molecular formula is C26H35N3O4. The molecule has 5 rings (SSSR count). The highest BCUT2D eigenvalue weighted by molar-refractivity contribution is 6.22. The summed E-state index contributed by atoms with van der Waals surface area (Å²) in [6.07, 6.45) is 7.41. The van der Waals surface area contributed by atoms with Gasteiger partial charge in [-0.3, -0.25) is 24.2 Å². The zero-order valence-corrected chi connectivity index (χ0v) is 19.8. The minimum atomic E-state index is -0.231. The van der Waals surface area contributed by atoms with Crippen molar-refractivity contribution in [1.82, 2.24) is 14.7 Å². The number of benzene rings is 1. The molecule has 0 N–H and O–H groups in total. The number of ether oxygens (including phenoxy) is 1. The van der Waals surface area contributed by atoms with E-state index >= 15 is 0 Å². The van der Waals surface area contributed by atoms with E-state index in [1.54, 1.807) is 18.2 Å². The Labute approximate surface area is 196 Å². The zero-order valence-electron chi connectivity index (χ0n) is 19.8. The van der Waals surface area contributed by atoms with Crippen molar-refractivity contribution >= 4 is 17.7 Å². The first-order chi connectivity index (χ1) is 15.9. The van der Waals surface area contributed by atoms with Crippen LogP contribution in [0, 0.1) is 0 Å². The number of morpholine rings is 1. The van der Waals surface area contributed by atoms with E-state index < -0.39 is 0 Å². The van der Waals surface area contributed by atoms with Gasteiger partial charge in [-0.1, -0.05) is 19.3 Å². The van der Waals surface area contributed by atoms with Gasteiger partial charge in [0.25, 0.3) is 17.7 Å². The maximum atomic E-state index is 13.5. The summed E-state index contributed by atoms with van der Waals surface area (Å²) in [7, 11) is 0. The summed E-state index contributed by atoms with van der Waals surface area (Å²) in [6.45, 7) is 7.54. The number of hydrogen-bond donors (Lipinski definition) is 0. The SMILES string of the molecule is CC1CN(CC2CCCN2C(=O)c2ccc3c(c2)C(=O)N(C2CCCCC2)C3=O)CC(C)O1. The topological polar surface area (TPSA) is 70.2 Å². The van der Waals surface area contributed by atoms with E-state index in [1.165, 1.54) is 4.90 Å². The van der Waals surface area contributed by atoms with Gasteiger partial charge in [-0.15, -0.1) is 0 Å². The molecule has 3 unspecified atom stereocenters. The number of fused-ring (bicyclic) bond motifs is 1. The number of carbonyl (C=O) groups is 3. The molecule has 0 aromatic heterocycles. The number of nitrogens with zero attached hydrogens (tertiary/aromatic N) is 3. The summed E-state index contributed by atoms with van der Waals surface area (Å²) >= 11 is 0. The summed E-state index contributed by atoms with van der Waals surface area (Å²) in [4.78, 5) is 45.4. The van der Waals surface area contributed by atoms with Gasteiger partial charge < -0.3 is 9.64 Å². The predicted octanol–water partition coefficient (Wildman–Crippen LogP) is 3.33. The molecule has 3 heterocycles. The lowest BCUT2D eigenvalue weighted by Gasteiger charge is -2.38.